The molecule has 2 fully saturated rings. The molecule has 4 rings (SSSR count). The predicted octanol–water partition coefficient (Wildman–Crippen LogP) is 4.98. The van der Waals surface area contributed by atoms with E-state index in [-0.39, 0.29) is 17.9 Å². The Morgan fingerprint density at radius 1 is 1.05 bits per heavy atom. The van der Waals surface area contributed by atoms with Gasteiger partial charge >= 0.3 is 0 Å². The highest BCUT2D eigenvalue weighted by Crippen LogP contribution is 2.28. The van der Waals surface area contributed by atoms with Gasteiger partial charge in [0.2, 0.25) is 5.91 Å². The zero-order valence-corrected chi connectivity index (χ0v) is 22.1. The molecule has 37 heavy (non-hydrogen) atoms. The highest BCUT2D eigenvalue weighted by Gasteiger charge is 2.30. The molecule has 2 aromatic carbocycles. The molecule has 2 N–H and O–H groups in total. The minimum absolute atomic E-state index is 0.272. The van der Waals surface area contributed by atoms with Crippen molar-refractivity contribution in [2.45, 2.75) is 64.1 Å². The molecule has 2 amide bonds. The number of amides is 2. The van der Waals surface area contributed by atoms with Crippen LogP contribution in [0, 0.1) is 5.92 Å². The van der Waals surface area contributed by atoms with Gasteiger partial charge in [0.25, 0.3) is 5.91 Å². The summed E-state index contributed by atoms with van der Waals surface area (Å²) in [5.41, 5.74) is 1.05. The van der Waals surface area contributed by atoms with Crippen LogP contribution in [-0.2, 0) is 4.79 Å². The smallest absolute Gasteiger partial charge is 0.258 e. The van der Waals surface area contributed by atoms with Gasteiger partial charge in [-0.25, -0.2) is 4.39 Å². The lowest BCUT2D eigenvalue weighted by Gasteiger charge is -2.36. The second kappa shape index (κ2) is 12.7. The lowest BCUT2D eigenvalue weighted by molar-refractivity contribution is -0.121. The Labute approximate surface area is 220 Å². The van der Waals surface area contributed by atoms with Crippen molar-refractivity contribution in [1.82, 2.24) is 15.5 Å². The SMILES string of the molecule is CCC(F)(CC)CN1CCC(COc2ccc(-c3ccccc3C(=O)NC(=O)[C@@H]3CCCN3)cc2)CC1. The third-order valence-electron chi connectivity index (χ3n) is 7.92. The van der Waals surface area contributed by atoms with E-state index in [0.29, 0.717) is 37.5 Å². The number of nitrogens with zero attached hydrogens (tertiary/aromatic N) is 1. The summed E-state index contributed by atoms with van der Waals surface area (Å²) in [6.45, 7) is 7.66. The number of hydrogen-bond acceptors (Lipinski definition) is 5. The number of carbonyl (C=O) groups excluding carboxylic acids is 2. The average molecular weight is 510 g/mol. The Bertz CT molecular complexity index is 1040. The standard InChI is InChI=1S/C30H40FN3O3/c1-3-30(31,4-2)21-34-18-15-22(16-19-34)20-37-24-13-11-23(12-14-24)25-8-5-6-9-26(25)28(35)33-29(36)27-10-7-17-32-27/h5-6,8-9,11-14,22,27,32H,3-4,7,10,15-21H2,1-2H3,(H,33,35,36)/t27-/m0/s1. The number of likely N-dealkylation sites (tertiary alicyclic amines) is 1. The minimum Gasteiger partial charge on any atom is -0.493 e. The second-order valence-corrected chi connectivity index (χ2v) is 10.4. The van der Waals surface area contributed by atoms with Crippen LogP contribution in [0.5, 0.6) is 5.75 Å². The van der Waals surface area contributed by atoms with E-state index in [0.717, 1.165) is 62.2 Å². The van der Waals surface area contributed by atoms with Crippen LogP contribution in [0.4, 0.5) is 4.39 Å². The van der Waals surface area contributed by atoms with E-state index < -0.39 is 5.67 Å². The van der Waals surface area contributed by atoms with Crippen molar-refractivity contribution >= 4 is 11.8 Å². The van der Waals surface area contributed by atoms with Gasteiger partial charge in [-0.3, -0.25) is 14.9 Å². The van der Waals surface area contributed by atoms with E-state index in [1.165, 1.54) is 0 Å². The van der Waals surface area contributed by atoms with Gasteiger partial charge in [0, 0.05) is 12.1 Å². The molecular weight excluding hydrogens is 469 g/mol. The van der Waals surface area contributed by atoms with Crippen LogP contribution in [0.25, 0.3) is 11.1 Å². The summed E-state index contributed by atoms with van der Waals surface area (Å²) in [5.74, 6) is 0.593. The zero-order chi connectivity index (χ0) is 26.3. The fourth-order valence-corrected chi connectivity index (χ4v) is 5.24. The molecule has 0 aromatic heterocycles. The lowest BCUT2D eigenvalue weighted by atomic mass is 9.94. The van der Waals surface area contributed by atoms with Crippen molar-refractivity contribution in [3.05, 3.63) is 54.1 Å². The number of hydrogen-bond donors (Lipinski definition) is 2. The van der Waals surface area contributed by atoms with Gasteiger partial charge in [-0.05, 0) is 93.4 Å². The van der Waals surface area contributed by atoms with Crippen molar-refractivity contribution in [2.75, 3.05) is 32.8 Å². The molecule has 7 heteroatoms. The van der Waals surface area contributed by atoms with E-state index in [1.807, 2.05) is 50.2 Å². The summed E-state index contributed by atoms with van der Waals surface area (Å²) in [7, 11) is 0. The first kappa shape index (κ1) is 27.3. The van der Waals surface area contributed by atoms with Crippen LogP contribution >= 0.6 is 0 Å². The topological polar surface area (TPSA) is 70.7 Å². The maximum Gasteiger partial charge on any atom is 0.258 e. The fraction of sp³-hybridized carbons (Fsp3) is 0.533. The average Bonchev–Trinajstić information content (AvgIpc) is 3.48. The number of rotatable bonds is 10. The number of ether oxygens (including phenoxy) is 1. The van der Waals surface area contributed by atoms with Gasteiger partial charge in [0.05, 0.1) is 12.6 Å². The van der Waals surface area contributed by atoms with Crippen molar-refractivity contribution in [3.63, 3.8) is 0 Å². The van der Waals surface area contributed by atoms with Crippen LogP contribution in [0.2, 0.25) is 0 Å². The van der Waals surface area contributed by atoms with Crippen LogP contribution < -0.4 is 15.4 Å². The molecule has 0 radical (unpaired) electrons. The molecule has 2 aromatic rings. The normalized spacial score (nSPS) is 19.1. The van der Waals surface area contributed by atoms with Crippen LogP contribution in [0.3, 0.4) is 0 Å². The third kappa shape index (κ3) is 7.17. The van der Waals surface area contributed by atoms with Crippen LogP contribution in [-0.4, -0.2) is 61.2 Å². The van der Waals surface area contributed by atoms with Crippen molar-refractivity contribution < 1.29 is 18.7 Å². The highest BCUT2D eigenvalue weighted by molar-refractivity contribution is 6.09. The number of alkyl halides is 1. The van der Waals surface area contributed by atoms with E-state index >= 15 is 0 Å². The molecule has 2 aliphatic rings. The molecule has 6 nitrogen and oxygen atoms in total. The summed E-state index contributed by atoms with van der Waals surface area (Å²) in [4.78, 5) is 27.5. The number of carbonyl (C=O) groups is 2. The number of nitrogens with one attached hydrogen (secondary N) is 2. The van der Waals surface area contributed by atoms with Gasteiger partial charge in [0.15, 0.2) is 0 Å². The van der Waals surface area contributed by atoms with Gasteiger partial charge in [-0.2, -0.15) is 0 Å². The summed E-state index contributed by atoms with van der Waals surface area (Å²) in [5, 5.41) is 5.67. The summed E-state index contributed by atoms with van der Waals surface area (Å²) in [6.07, 6.45) is 4.84. The quantitative estimate of drug-likeness (QED) is 0.442. The van der Waals surface area contributed by atoms with Crippen molar-refractivity contribution in [3.8, 4) is 16.9 Å². The van der Waals surface area contributed by atoms with Gasteiger partial charge in [-0.1, -0.05) is 44.2 Å². The molecule has 0 unspecified atom stereocenters. The monoisotopic (exact) mass is 509 g/mol. The van der Waals surface area contributed by atoms with E-state index in [2.05, 4.69) is 15.5 Å². The van der Waals surface area contributed by atoms with E-state index in [1.54, 1.807) is 12.1 Å². The third-order valence-corrected chi connectivity index (χ3v) is 7.92. The molecular formula is C30H40FN3O3. The maximum absolute atomic E-state index is 14.7. The largest absolute Gasteiger partial charge is 0.493 e. The number of halogens is 1. The Morgan fingerprint density at radius 2 is 1.76 bits per heavy atom. The molecule has 0 aliphatic carbocycles. The first-order chi connectivity index (χ1) is 17.9. The predicted molar refractivity (Wildman–Crippen MR) is 144 cm³/mol. The Kier molecular flexibility index (Phi) is 9.33. The molecule has 1 atom stereocenters. The summed E-state index contributed by atoms with van der Waals surface area (Å²) in [6, 6.07) is 14.8. The first-order valence-electron chi connectivity index (χ1n) is 13.7. The van der Waals surface area contributed by atoms with Gasteiger partial charge in [0.1, 0.15) is 11.4 Å². The maximum atomic E-state index is 14.7. The summed E-state index contributed by atoms with van der Waals surface area (Å²) < 4.78 is 20.8. The molecule has 2 aliphatic heterocycles. The number of benzene rings is 2. The number of imide groups is 1. The highest BCUT2D eigenvalue weighted by atomic mass is 19.1. The van der Waals surface area contributed by atoms with Crippen LogP contribution in [0.1, 0.15) is 62.7 Å². The first-order valence-corrected chi connectivity index (χ1v) is 13.7. The van der Waals surface area contributed by atoms with Crippen LogP contribution in [0.15, 0.2) is 48.5 Å². The minimum atomic E-state index is -1.08. The summed E-state index contributed by atoms with van der Waals surface area (Å²) >= 11 is 0. The van der Waals surface area contributed by atoms with E-state index in [9.17, 15) is 14.0 Å². The second-order valence-electron chi connectivity index (χ2n) is 10.4. The van der Waals surface area contributed by atoms with Gasteiger partial charge < -0.3 is 15.0 Å². The zero-order valence-electron chi connectivity index (χ0n) is 22.1. The molecule has 0 bridgehead atoms. The van der Waals surface area contributed by atoms with Crippen molar-refractivity contribution in [2.24, 2.45) is 5.92 Å². The molecule has 2 saturated heterocycles. The number of piperidine rings is 1. The van der Waals surface area contributed by atoms with Crippen molar-refractivity contribution in [1.29, 1.82) is 0 Å². The Balaban J connectivity index is 1.30. The van der Waals surface area contributed by atoms with Gasteiger partial charge in [-0.15, -0.1) is 0 Å². The van der Waals surface area contributed by atoms with E-state index in [4.69, 9.17) is 4.74 Å². The molecule has 200 valence electrons. The molecule has 0 saturated carbocycles. The fourth-order valence-electron chi connectivity index (χ4n) is 5.24. The Morgan fingerprint density at radius 3 is 2.41 bits per heavy atom. The molecule has 2 heterocycles. The lowest BCUT2D eigenvalue weighted by Crippen LogP contribution is -2.44. The Hall–Kier alpha value is -2.77. The molecule has 0 spiro atoms.